The van der Waals surface area contributed by atoms with Crippen molar-refractivity contribution in [1.82, 2.24) is 34.9 Å². The van der Waals surface area contributed by atoms with Gasteiger partial charge in [-0.15, -0.1) is 0 Å². The number of pyridine rings is 1. The van der Waals surface area contributed by atoms with E-state index in [4.69, 9.17) is 43.7 Å². The van der Waals surface area contributed by atoms with Crippen LogP contribution in [0.15, 0.2) is 440 Å². The summed E-state index contributed by atoms with van der Waals surface area (Å²) in [7, 11) is 0. The Bertz CT molecular complexity index is 8480. The molecule has 126 heavy (non-hydrogen) atoms. The molecule has 0 saturated carbocycles. The summed E-state index contributed by atoms with van der Waals surface area (Å²) in [6, 6.07) is 151. The van der Waals surface area contributed by atoms with Crippen LogP contribution < -0.4 is 0 Å². The van der Waals surface area contributed by atoms with E-state index in [1.54, 1.807) is 0 Å². The third-order valence-electron chi connectivity index (χ3n) is 24.6. The van der Waals surface area contributed by atoms with Crippen LogP contribution in [0.4, 0.5) is 0 Å². The summed E-state index contributed by atoms with van der Waals surface area (Å²) in [5, 5.41) is 21.8. The molecular weight excluding hydrogens is 1540 g/mol. The summed E-state index contributed by atoms with van der Waals surface area (Å²) in [5.41, 5.74) is 22.0. The zero-order valence-corrected chi connectivity index (χ0v) is 67.9. The molecule has 25 aromatic rings. The van der Waals surface area contributed by atoms with Crippen molar-refractivity contribution in [2.75, 3.05) is 0 Å². The molecule has 0 aliphatic rings. The summed E-state index contributed by atoms with van der Waals surface area (Å²) >= 11 is 0. The molecule has 0 radical (unpaired) electrons. The first kappa shape index (κ1) is 73.0. The standard InChI is InChI=1S/C67H41N3O.C50H30N4O/c1-3-15-42(16-4-1)65-68-66(43-17-5-2-6-18-43)70-67(69-65)60-30-14-28-52-51(27-13-29-56(52)60)50-32-35-59-62-40-49(33-36-63(62)71-64(59)41-50)47-22-12-20-45(38-47)44-19-11-21-46(37-44)48-31-34-58-55-25-8-7-23-53(55)54-24-9-10-26-57(54)61(58)39-48;1-3-12-31(13-4-1)48-52-49(32-14-5-2-6-15-32)54-50(53-48)45-21-11-20-44(51-45)35-23-26-41-43-29-34(24-27-46(43)55-47(41)30-35)33-22-25-40-38-18-8-7-16-36(38)37-17-9-10-19-39(37)42(40)28-33/h1-41H;1-30H. The smallest absolute Gasteiger partial charge is 0.182 e. The van der Waals surface area contributed by atoms with Gasteiger partial charge < -0.3 is 8.83 Å². The summed E-state index contributed by atoms with van der Waals surface area (Å²) in [6.45, 7) is 0. The second kappa shape index (κ2) is 30.6. The number of aromatic nitrogens is 7. The number of benzene rings is 20. The van der Waals surface area contributed by atoms with E-state index < -0.39 is 0 Å². The van der Waals surface area contributed by atoms with Crippen molar-refractivity contribution in [3.63, 3.8) is 0 Å². The van der Waals surface area contributed by atoms with E-state index in [-0.39, 0.29) is 0 Å². The van der Waals surface area contributed by atoms with Gasteiger partial charge in [-0.1, -0.05) is 346 Å². The van der Waals surface area contributed by atoms with Crippen LogP contribution in [0.25, 0.3) is 255 Å². The number of nitrogens with zero attached hydrogens (tertiary/aromatic N) is 7. The highest BCUT2D eigenvalue weighted by molar-refractivity contribution is 6.27. The van der Waals surface area contributed by atoms with Crippen molar-refractivity contribution in [2.24, 2.45) is 0 Å². The lowest BCUT2D eigenvalue weighted by atomic mass is 9.91. The van der Waals surface area contributed by atoms with Crippen molar-refractivity contribution < 1.29 is 8.83 Å². The van der Waals surface area contributed by atoms with E-state index in [1.165, 1.54) is 92.5 Å². The van der Waals surface area contributed by atoms with E-state index >= 15 is 0 Å². The van der Waals surface area contributed by atoms with Crippen LogP contribution in [-0.2, 0) is 0 Å². The SMILES string of the molecule is c1ccc(-c2nc(-c3ccccc3)nc(-c3cccc(-c4ccc5c(c4)oc4ccc(-c6ccc7c8ccccc8c8ccccc8c7c6)cc45)n3)n2)cc1.c1ccc(-c2nc(-c3ccccc3)nc(-c3cccc4c(-c5ccc6c(c5)oc5ccc(-c7cccc(-c8cccc(-c9ccc%10c%11ccccc%11c%11ccccc%11c%10c9)c8)c7)cc56)cccc34)n2)cc1. The normalized spacial score (nSPS) is 11.7. The van der Waals surface area contributed by atoms with E-state index in [0.29, 0.717) is 40.6 Å². The summed E-state index contributed by atoms with van der Waals surface area (Å²) < 4.78 is 13.1. The lowest BCUT2D eigenvalue weighted by molar-refractivity contribution is 0.668. The lowest BCUT2D eigenvalue weighted by Gasteiger charge is -2.13. The van der Waals surface area contributed by atoms with Gasteiger partial charge in [0, 0.05) is 54.9 Å². The van der Waals surface area contributed by atoms with Crippen LogP contribution in [-0.4, -0.2) is 34.9 Å². The second-order valence-corrected chi connectivity index (χ2v) is 32.1. The van der Waals surface area contributed by atoms with E-state index in [0.717, 1.165) is 122 Å². The van der Waals surface area contributed by atoms with Crippen LogP contribution >= 0.6 is 0 Å². The first-order valence-corrected chi connectivity index (χ1v) is 42.5. The Morgan fingerprint density at radius 2 is 0.389 bits per heavy atom. The number of rotatable bonds is 12. The van der Waals surface area contributed by atoms with Gasteiger partial charge >= 0.3 is 0 Å². The van der Waals surface area contributed by atoms with Crippen LogP contribution in [0.5, 0.6) is 0 Å². The molecule has 586 valence electrons. The highest BCUT2D eigenvalue weighted by Crippen LogP contribution is 2.45. The fourth-order valence-electron chi connectivity index (χ4n) is 18.5. The number of furan rings is 2. The molecule has 0 bridgehead atoms. The van der Waals surface area contributed by atoms with Gasteiger partial charge in [0.1, 0.15) is 28.0 Å². The van der Waals surface area contributed by atoms with E-state index in [2.05, 4.69) is 291 Å². The molecule has 0 aliphatic heterocycles. The molecular formula is C117H71N7O2. The average molecular weight is 1610 g/mol. The second-order valence-electron chi connectivity index (χ2n) is 32.1. The number of hydrogen-bond acceptors (Lipinski definition) is 9. The molecule has 0 amide bonds. The molecule has 0 fully saturated rings. The Balaban J connectivity index is 0.000000146. The van der Waals surface area contributed by atoms with Crippen molar-refractivity contribution >= 4 is 119 Å². The topological polar surface area (TPSA) is 117 Å². The van der Waals surface area contributed by atoms with Gasteiger partial charge in [-0.25, -0.2) is 34.9 Å². The zero-order valence-electron chi connectivity index (χ0n) is 67.9. The van der Waals surface area contributed by atoms with Gasteiger partial charge in [0.2, 0.25) is 0 Å². The van der Waals surface area contributed by atoms with Gasteiger partial charge in [-0.3, -0.25) is 0 Å². The van der Waals surface area contributed by atoms with Crippen LogP contribution in [0.1, 0.15) is 0 Å². The maximum atomic E-state index is 6.61. The molecule has 5 heterocycles. The van der Waals surface area contributed by atoms with Crippen LogP contribution in [0.3, 0.4) is 0 Å². The Morgan fingerprint density at radius 1 is 0.119 bits per heavy atom. The largest absolute Gasteiger partial charge is 0.456 e. The van der Waals surface area contributed by atoms with Crippen LogP contribution in [0, 0.1) is 0 Å². The molecule has 9 heteroatoms. The average Bonchev–Trinajstić information content (AvgIpc) is 1.02. The first-order chi connectivity index (χ1) is 62.4. The Kier molecular flexibility index (Phi) is 17.7. The zero-order chi connectivity index (χ0) is 83.1. The maximum Gasteiger partial charge on any atom is 0.182 e. The molecule has 0 spiro atoms. The number of fused-ring (bicyclic) bond motifs is 19. The lowest BCUT2D eigenvalue weighted by Crippen LogP contribution is -2.01. The summed E-state index contributed by atoms with van der Waals surface area (Å²) in [5.74, 6) is 3.63. The molecule has 0 N–H and O–H groups in total. The maximum absolute atomic E-state index is 6.61. The molecule has 5 aromatic heterocycles. The predicted molar refractivity (Wildman–Crippen MR) is 520 cm³/mol. The highest BCUT2D eigenvalue weighted by atomic mass is 16.3. The molecule has 0 saturated heterocycles. The molecule has 25 rings (SSSR count). The van der Waals surface area contributed by atoms with E-state index in [1.807, 2.05) is 140 Å². The van der Waals surface area contributed by atoms with Crippen molar-refractivity contribution in [2.45, 2.75) is 0 Å². The minimum absolute atomic E-state index is 0.516. The number of hydrogen-bond donors (Lipinski definition) is 0. The third kappa shape index (κ3) is 13.1. The van der Waals surface area contributed by atoms with E-state index in [9.17, 15) is 0 Å². The highest BCUT2D eigenvalue weighted by Gasteiger charge is 2.22. The Morgan fingerprint density at radius 3 is 0.810 bits per heavy atom. The van der Waals surface area contributed by atoms with Gasteiger partial charge in [-0.2, -0.15) is 0 Å². The summed E-state index contributed by atoms with van der Waals surface area (Å²) in [4.78, 5) is 34.7. The summed E-state index contributed by atoms with van der Waals surface area (Å²) in [6.07, 6.45) is 0. The third-order valence-corrected chi connectivity index (χ3v) is 24.6. The van der Waals surface area contributed by atoms with Gasteiger partial charge in [0.15, 0.2) is 34.9 Å². The van der Waals surface area contributed by atoms with Crippen molar-refractivity contribution in [1.29, 1.82) is 0 Å². The molecule has 0 unspecified atom stereocenters. The van der Waals surface area contributed by atoms with Gasteiger partial charge in [0.25, 0.3) is 0 Å². The van der Waals surface area contributed by atoms with Gasteiger partial charge in [-0.05, 0) is 216 Å². The first-order valence-electron chi connectivity index (χ1n) is 42.5. The minimum Gasteiger partial charge on any atom is -0.456 e. The Hall–Kier alpha value is -17.0. The molecule has 0 aliphatic carbocycles. The molecule has 0 atom stereocenters. The monoisotopic (exact) mass is 1610 g/mol. The van der Waals surface area contributed by atoms with Gasteiger partial charge in [0.05, 0.1) is 5.69 Å². The molecule has 9 nitrogen and oxygen atoms in total. The quantitative estimate of drug-likeness (QED) is 0.110. The minimum atomic E-state index is 0.516. The van der Waals surface area contributed by atoms with Crippen LogP contribution in [0.2, 0.25) is 0 Å². The fourth-order valence-corrected chi connectivity index (χ4v) is 18.5. The van der Waals surface area contributed by atoms with Crippen molar-refractivity contribution in [3.8, 4) is 135 Å². The Labute approximate surface area is 724 Å². The molecule has 20 aromatic carbocycles. The van der Waals surface area contributed by atoms with Crippen molar-refractivity contribution in [3.05, 3.63) is 431 Å². The fraction of sp³-hybridized carbons (Fsp3) is 0. The predicted octanol–water partition coefficient (Wildman–Crippen LogP) is 31.0.